The predicted molar refractivity (Wildman–Crippen MR) is 242 cm³/mol. The Morgan fingerprint density at radius 2 is 1.00 bits per heavy atom. The number of hydrogen-bond donors (Lipinski definition) is 0. The van der Waals surface area contributed by atoms with Gasteiger partial charge in [-0.3, -0.25) is 0 Å². The average molecular weight is 728 g/mol. The van der Waals surface area contributed by atoms with Crippen molar-refractivity contribution in [3.63, 3.8) is 0 Å². The standard InChI is InChI=1S/C55H53N/c1-38-35-48(41-25-15-10-16-26-41)52(37-49(38)55(5,6)7)56(51-36-43(54(2,3)4)33-34-44(51)39-21-11-8-12-22-39)50-32-18-17-29-46(50)47-31-20-28-42-27-19-30-45(53(42)47)40-23-13-9-14-24-40/h8-34,36-38H,35H2,1-7H3. The second kappa shape index (κ2) is 15.0. The molecule has 0 spiro atoms. The number of nitrogens with zero attached hydrogens (tertiary/aromatic N) is 1. The van der Waals surface area contributed by atoms with Crippen LogP contribution in [0, 0.1) is 11.3 Å². The highest BCUT2D eigenvalue weighted by Crippen LogP contribution is 2.51. The molecule has 0 fully saturated rings. The maximum absolute atomic E-state index is 2.62. The van der Waals surface area contributed by atoms with E-state index in [0.29, 0.717) is 5.92 Å². The van der Waals surface area contributed by atoms with E-state index in [1.54, 1.807) is 0 Å². The van der Waals surface area contributed by atoms with Crippen LogP contribution in [0.1, 0.15) is 66.0 Å². The third-order valence-electron chi connectivity index (χ3n) is 11.5. The summed E-state index contributed by atoms with van der Waals surface area (Å²) in [6.07, 6.45) is 3.50. The molecule has 0 saturated heterocycles. The molecule has 1 aliphatic rings. The van der Waals surface area contributed by atoms with E-state index in [0.717, 1.165) is 12.1 Å². The molecule has 8 rings (SSSR count). The molecule has 278 valence electrons. The van der Waals surface area contributed by atoms with Gasteiger partial charge in [0.05, 0.1) is 11.4 Å². The van der Waals surface area contributed by atoms with E-state index in [4.69, 9.17) is 0 Å². The van der Waals surface area contributed by atoms with Gasteiger partial charge >= 0.3 is 0 Å². The number of benzene rings is 7. The molecule has 0 bridgehead atoms. The maximum Gasteiger partial charge on any atom is 0.0543 e. The van der Waals surface area contributed by atoms with E-state index in [1.807, 2.05) is 0 Å². The zero-order chi connectivity index (χ0) is 39.0. The number of allylic oxidation sites excluding steroid dienone is 3. The molecule has 7 aromatic rings. The molecule has 0 aromatic heterocycles. The second-order valence-electron chi connectivity index (χ2n) is 17.5. The van der Waals surface area contributed by atoms with Crippen LogP contribution in [0.4, 0.5) is 11.4 Å². The minimum Gasteiger partial charge on any atom is -0.309 e. The van der Waals surface area contributed by atoms with Crippen LogP contribution < -0.4 is 4.90 Å². The lowest BCUT2D eigenvalue weighted by Crippen LogP contribution is -2.26. The van der Waals surface area contributed by atoms with Crippen LogP contribution in [0.15, 0.2) is 187 Å². The number of anilines is 2. The fourth-order valence-electron chi connectivity index (χ4n) is 8.71. The zero-order valence-corrected chi connectivity index (χ0v) is 34.0. The first-order valence-corrected chi connectivity index (χ1v) is 20.2. The quantitative estimate of drug-likeness (QED) is 0.158. The molecule has 0 aliphatic heterocycles. The molecule has 0 N–H and O–H groups in total. The summed E-state index contributed by atoms with van der Waals surface area (Å²) in [5, 5.41) is 2.50. The normalized spacial score (nSPS) is 14.8. The summed E-state index contributed by atoms with van der Waals surface area (Å²) < 4.78 is 0. The molecule has 0 heterocycles. The molecular weight excluding hydrogens is 675 g/mol. The Morgan fingerprint density at radius 3 is 1.61 bits per heavy atom. The van der Waals surface area contributed by atoms with Crippen LogP contribution in [0.25, 0.3) is 49.7 Å². The summed E-state index contributed by atoms with van der Waals surface area (Å²) in [7, 11) is 0. The summed E-state index contributed by atoms with van der Waals surface area (Å²) in [4.78, 5) is 2.62. The van der Waals surface area contributed by atoms with Crippen molar-refractivity contribution in [2.45, 2.75) is 60.3 Å². The summed E-state index contributed by atoms with van der Waals surface area (Å²) >= 11 is 0. The third-order valence-corrected chi connectivity index (χ3v) is 11.5. The van der Waals surface area contributed by atoms with Gasteiger partial charge in [-0.15, -0.1) is 0 Å². The summed E-state index contributed by atoms with van der Waals surface area (Å²) in [6, 6.07) is 62.6. The Kier molecular flexibility index (Phi) is 9.89. The van der Waals surface area contributed by atoms with E-state index >= 15 is 0 Å². The molecule has 1 heteroatoms. The molecule has 0 radical (unpaired) electrons. The van der Waals surface area contributed by atoms with E-state index in [-0.39, 0.29) is 10.8 Å². The van der Waals surface area contributed by atoms with Crippen LogP contribution in [-0.4, -0.2) is 0 Å². The van der Waals surface area contributed by atoms with E-state index in [9.17, 15) is 0 Å². The third kappa shape index (κ3) is 7.15. The van der Waals surface area contributed by atoms with Crippen molar-refractivity contribution in [3.8, 4) is 33.4 Å². The minimum absolute atomic E-state index is 0.00614. The van der Waals surface area contributed by atoms with Crippen molar-refractivity contribution in [1.82, 2.24) is 0 Å². The van der Waals surface area contributed by atoms with Gasteiger partial charge in [0.15, 0.2) is 0 Å². The highest BCUT2D eigenvalue weighted by atomic mass is 15.2. The van der Waals surface area contributed by atoms with Crippen molar-refractivity contribution in [2.24, 2.45) is 11.3 Å². The first-order chi connectivity index (χ1) is 27.0. The van der Waals surface area contributed by atoms with Gasteiger partial charge in [0, 0.05) is 16.8 Å². The first-order valence-electron chi connectivity index (χ1n) is 20.2. The molecule has 1 unspecified atom stereocenters. The predicted octanol–water partition coefficient (Wildman–Crippen LogP) is 15.7. The lowest BCUT2D eigenvalue weighted by atomic mass is 9.72. The highest BCUT2D eigenvalue weighted by molar-refractivity contribution is 6.09. The van der Waals surface area contributed by atoms with Crippen LogP contribution in [0.2, 0.25) is 0 Å². The van der Waals surface area contributed by atoms with Crippen molar-refractivity contribution in [2.75, 3.05) is 4.90 Å². The number of para-hydroxylation sites is 1. The Balaban J connectivity index is 1.52. The summed E-state index contributed by atoms with van der Waals surface area (Å²) in [6.45, 7) is 16.5. The van der Waals surface area contributed by atoms with Gasteiger partial charge in [0.1, 0.15) is 0 Å². The van der Waals surface area contributed by atoms with Crippen molar-refractivity contribution < 1.29 is 0 Å². The Labute approximate surface area is 334 Å². The maximum atomic E-state index is 2.62. The van der Waals surface area contributed by atoms with E-state index in [2.05, 4.69) is 229 Å². The van der Waals surface area contributed by atoms with E-state index < -0.39 is 0 Å². The van der Waals surface area contributed by atoms with Crippen LogP contribution in [0.5, 0.6) is 0 Å². The topological polar surface area (TPSA) is 3.24 Å². The van der Waals surface area contributed by atoms with Gasteiger partial charge in [0.2, 0.25) is 0 Å². The molecule has 1 nitrogen and oxygen atoms in total. The van der Waals surface area contributed by atoms with Gasteiger partial charge in [-0.1, -0.05) is 212 Å². The molecule has 1 aliphatic carbocycles. The molecule has 0 amide bonds. The average Bonchev–Trinajstić information content (AvgIpc) is 3.21. The SMILES string of the molecule is CC1CC(c2ccccc2)=C(N(c2cc(C(C)(C)C)ccc2-c2ccccc2)c2ccccc2-c2cccc3cccc(-c4ccccc4)c23)C=C1C(C)(C)C. The van der Waals surface area contributed by atoms with E-state index in [1.165, 1.54) is 77.8 Å². The second-order valence-corrected chi connectivity index (χ2v) is 17.5. The van der Waals surface area contributed by atoms with Crippen LogP contribution in [-0.2, 0) is 5.41 Å². The monoisotopic (exact) mass is 727 g/mol. The Bertz CT molecular complexity index is 2550. The first kappa shape index (κ1) is 37.0. The molecule has 1 atom stereocenters. The highest BCUT2D eigenvalue weighted by Gasteiger charge is 2.33. The van der Waals surface area contributed by atoms with Gasteiger partial charge in [-0.2, -0.15) is 0 Å². The van der Waals surface area contributed by atoms with Gasteiger partial charge < -0.3 is 4.90 Å². The number of rotatable bonds is 7. The lowest BCUT2D eigenvalue weighted by molar-refractivity contribution is 0.434. The molecule has 0 saturated carbocycles. The summed E-state index contributed by atoms with van der Waals surface area (Å²) in [5.41, 5.74) is 16.2. The van der Waals surface area contributed by atoms with Crippen molar-refractivity contribution in [3.05, 3.63) is 198 Å². The zero-order valence-electron chi connectivity index (χ0n) is 34.0. The Morgan fingerprint density at radius 1 is 0.464 bits per heavy atom. The van der Waals surface area contributed by atoms with Crippen molar-refractivity contribution in [1.29, 1.82) is 0 Å². The fraction of sp³-hybridized carbons (Fsp3) is 0.200. The van der Waals surface area contributed by atoms with Crippen molar-refractivity contribution >= 4 is 27.7 Å². The fourth-order valence-corrected chi connectivity index (χ4v) is 8.71. The van der Waals surface area contributed by atoms with Gasteiger partial charge in [-0.25, -0.2) is 0 Å². The molecule has 7 aromatic carbocycles. The minimum atomic E-state index is -0.0560. The van der Waals surface area contributed by atoms with Crippen LogP contribution >= 0.6 is 0 Å². The van der Waals surface area contributed by atoms with Gasteiger partial charge in [-0.05, 0) is 91.1 Å². The largest absolute Gasteiger partial charge is 0.309 e. The lowest BCUT2D eigenvalue weighted by Gasteiger charge is -2.39. The number of hydrogen-bond acceptors (Lipinski definition) is 1. The van der Waals surface area contributed by atoms with Crippen LogP contribution in [0.3, 0.4) is 0 Å². The van der Waals surface area contributed by atoms with Gasteiger partial charge in [0.25, 0.3) is 0 Å². The molecule has 56 heavy (non-hydrogen) atoms. The molecular formula is C55H53N. The number of fused-ring (bicyclic) bond motifs is 1. The Hall–Kier alpha value is -5.92. The summed E-state index contributed by atoms with van der Waals surface area (Å²) in [5.74, 6) is 0.395. The smallest absolute Gasteiger partial charge is 0.0543 e.